The van der Waals surface area contributed by atoms with Gasteiger partial charge in [-0.1, -0.05) is 44.2 Å². The molecular formula is C15H19N3S. The molecule has 4 heteroatoms. The van der Waals surface area contributed by atoms with Gasteiger partial charge in [-0.3, -0.25) is 0 Å². The Labute approximate surface area is 118 Å². The van der Waals surface area contributed by atoms with Crippen molar-refractivity contribution in [2.45, 2.75) is 32.1 Å². The first-order valence-corrected chi connectivity index (χ1v) is 7.62. The van der Waals surface area contributed by atoms with Gasteiger partial charge in [0.2, 0.25) is 5.13 Å². The summed E-state index contributed by atoms with van der Waals surface area (Å²) in [5, 5.41) is 4.31. The third-order valence-corrected chi connectivity index (χ3v) is 4.26. The molecule has 1 N–H and O–H groups in total. The maximum atomic E-state index is 4.69. The van der Waals surface area contributed by atoms with E-state index in [2.05, 4.69) is 58.9 Å². The molecule has 0 atom stereocenters. The zero-order valence-corrected chi connectivity index (χ0v) is 12.2. The van der Waals surface area contributed by atoms with Gasteiger partial charge in [0.15, 0.2) is 5.82 Å². The van der Waals surface area contributed by atoms with E-state index in [0.29, 0.717) is 5.92 Å². The molecule has 3 rings (SSSR count). The Hall–Kier alpha value is -1.42. The topological polar surface area (TPSA) is 37.8 Å². The Kier molecular flexibility index (Phi) is 3.27. The van der Waals surface area contributed by atoms with Crippen LogP contribution in [0.3, 0.4) is 0 Å². The lowest BCUT2D eigenvalue weighted by Crippen LogP contribution is -2.11. The first-order chi connectivity index (χ1) is 9.21. The zero-order chi connectivity index (χ0) is 13.3. The van der Waals surface area contributed by atoms with Crippen LogP contribution in [0.15, 0.2) is 30.3 Å². The number of nitrogens with zero attached hydrogens (tertiary/aromatic N) is 2. The molecule has 19 heavy (non-hydrogen) atoms. The quantitative estimate of drug-likeness (QED) is 0.903. The van der Waals surface area contributed by atoms with E-state index in [-0.39, 0.29) is 5.41 Å². The SMILES string of the molecule is CC(C)CNc1nc(C2(c3ccccc3)CC2)ns1. The van der Waals surface area contributed by atoms with Gasteiger partial charge in [0.1, 0.15) is 0 Å². The number of aromatic nitrogens is 2. The van der Waals surface area contributed by atoms with Gasteiger partial charge in [0, 0.05) is 18.1 Å². The molecule has 1 aliphatic carbocycles. The van der Waals surface area contributed by atoms with Gasteiger partial charge < -0.3 is 5.32 Å². The molecule has 0 amide bonds. The third-order valence-electron chi connectivity index (χ3n) is 3.59. The second kappa shape index (κ2) is 4.93. The highest BCUT2D eigenvalue weighted by atomic mass is 32.1. The van der Waals surface area contributed by atoms with Crippen molar-refractivity contribution in [3.63, 3.8) is 0 Å². The zero-order valence-electron chi connectivity index (χ0n) is 11.4. The molecule has 1 heterocycles. The molecule has 1 saturated carbocycles. The van der Waals surface area contributed by atoms with Crippen molar-refractivity contribution >= 4 is 16.7 Å². The summed E-state index contributed by atoms with van der Waals surface area (Å²) < 4.78 is 4.57. The second-order valence-corrected chi connectivity index (χ2v) is 6.40. The average Bonchev–Trinajstić information content (AvgIpc) is 3.10. The molecule has 100 valence electrons. The Balaban J connectivity index is 1.79. The van der Waals surface area contributed by atoms with Crippen molar-refractivity contribution < 1.29 is 0 Å². The first kappa shape index (κ1) is 12.6. The van der Waals surface area contributed by atoms with Crippen molar-refractivity contribution in [2.75, 3.05) is 11.9 Å². The lowest BCUT2D eigenvalue weighted by Gasteiger charge is -2.11. The smallest absolute Gasteiger partial charge is 0.202 e. The number of hydrogen-bond donors (Lipinski definition) is 1. The lowest BCUT2D eigenvalue weighted by molar-refractivity contribution is 0.687. The minimum atomic E-state index is 0.0928. The molecule has 1 aromatic heterocycles. The Morgan fingerprint density at radius 1 is 1.26 bits per heavy atom. The Morgan fingerprint density at radius 3 is 2.63 bits per heavy atom. The molecule has 1 aromatic carbocycles. The molecule has 2 aromatic rings. The Morgan fingerprint density at radius 2 is 2.00 bits per heavy atom. The summed E-state index contributed by atoms with van der Waals surface area (Å²) in [6.45, 7) is 5.34. The van der Waals surface area contributed by atoms with E-state index >= 15 is 0 Å². The number of anilines is 1. The third kappa shape index (κ3) is 2.50. The number of rotatable bonds is 5. The van der Waals surface area contributed by atoms with Crippen LogP contribution < -0.4 is 5.32 Å². The highest BCUT2D eigenvalue weighted by molar-refractivity contribution is 7.09. The van der Waals surface area contributed by atoms with E-state index in [1.165, 1.54) is 17.1 Å². The fraction of sp³-hybridized carbons (Fsp3) is 0.467. The van der Waals surface area contributed by atoms with Crippen LogP contribution in [-0.2, 0) is 5.41 Å². The average molecular weight is 273 g/mol. The van der Waals surface area contributed by atoms with Crippen LogP contribution in [0.25, 0.3) is 0 Å². The molecule has 0 radical (unpaired) electrons. The maximum absolute atomic E-state index is 4.69. The van der Waals surface area contributed by atoms with E-state index in [1.54, 1.807) is 0 Å². The van der Waals surface area contributed by atoms with Crippen molar-refractivity contribution in [2.24, 2.45) is 5.92 Å². The Bertz CT molecular complexity index is 544. The summed E-state index contributed by atoms with van der Waals surface area (Å²) in [7, 11) is 0. The molecule has 3 nitrogen and oxygen atoms in total. The molecule has 1 fully saturated rings. The summed E-state index contributed by atoms with van der Waals surface area (Å²) in [5.41, 5.74) is 1.44. The predicted molar refractivity (Wildman–Crippen MR) is 79.7 cm³/mol. The maximum Gasteiger partial charge on any atom is 0.202 e. The minimum Gasteiger partial charge on any atom is -0.360 e. The van der Waals surface area contributed by atoms with Crippen LogP contribution in [0.2, 0.25) is 0 Å². The summed E-state index contributed by atoms with van der Waals surface area (Å²) in [6, 6.07) is 10.6. The molecule has 0 saturated heterocycles. The van der Waals surface area contributed by atoms with Crippen molar-refractivity contribution in [3.8, 4) is 0 Å². The molecule has 1 aliphatic rings. The fourth-order valence-corrected chi connectivity index (χ4v) is 2.97. The van der Waals surface area contributed by atoms with E-state index in [9.17, 15) is 0 Å². The minimum absolute atomic E-state index is 0.0928. The summed E-state index contributed by atoms with van der Waals surface area (Å²) in [4.78, 5) is 4.69. The van der Waals surface area contributed by atoms with Gasteiger partial charge in [-0.25, -0.2) is 4.98 Å². The number of nitrogens with one attached hydrogen (secondary N) is 1. The normalized spacial score (nSPS) is 16.6. The van der Waals surface area contributed by atoms with Crippen molar-refractivity contribution in [1.82, 2.24) is 9.36 Å². The molecule has 0 aliphatic heterocycles. The second-order valence-electron chi connectivity index (χ2n) is 5.65. The van der Waals surface area contributed by atoms with Crippen LogP contribution in [0.5, 0.6) is 0 Å². The van der Waals surface area contributed by atoms with Crippen molar-refractivity contribution in [3.05, 3.63) is 41.7 Å². The molecule has 0 spiro atoms. The van der Waals surface area contributed by atoms with Crippen LogP contribution in [-0.4, -0.2) is 15.9 Å². The van der Waals surface area contributed by atoms with Gasteiger partial charge in [0.25, 0.3) is 0 Å². The van der Waals surface area contributed by atoms with Crippen LogP contribution in [0.4, 0.5) is 5.13 Å². The molecule has 0 bridgehead atoms. The first-order valence-electron chi connectivity index (χ1n) is 6.84. The summed E-state index contributed by atoms with van der Waals surface area (Å²) >= 11 is 1.48. The number of hydrogen-bond acceptors (Lipinski definition) is 4. The molecular weight excluding hydrogens is 254 g/mol. The van der Waals surface area contributed by atoms with Crippen LogP contribution in [0, 0.1) is 5.92 Å². The van der Waals surface area contributed by atoms with E-state index in [4.69, 9.17) is 0 Å². The molecule has 0 unspecified atom stereocenters. The van der Waals surface area contributed by atoms with Crippen LogP contribution in [0.1, 0.15) is 38.1 Å². The standard InChI is InChI=1S/C15H19N3S/c1-11(2)10-16-14-17-13(18-19-14)15(8-9-15)12-6-4-3-5-7-12/h3-7,11H,8-10H2,1-2H3,(H,16,17,18). The number of benzene rings is 1. The van der Waals surface area contributed by atoms with Gasteiger partial charge in [-0.2, -0.15) is 4.37 Å². The van der Waals surface area contributed by atoms with Crippen molar-refractivity contribution in [1.29, 1.82) is 0 Å². The van der Waals surface area contributed by atoms with E-state index in [1.807, 2.05) is 0 Å². The highest BCUT2D eigenvalue weighted by Crippen LogP contribution is 2.52. The van der Waals surface area contributed by atoms with Gasteiger partial charge in [-0.05, 0) is 24.3 Å². The van der Waals surface area contributed by atoms with Gasteiger partial charge in [-0.15, -0.1) is 0 Å². The summed E-state index contributed by atoms with van der Waals surface area (Å²) in [5.74, 6) is 1.62. The van der Waals surface area contributed by atoms with Gasteiger partial charge >= 0.3 is 0 Å². The summed E-state index contributed by atoms with van der Waals surface area (Å²) in [6.07, 6.45) is 2.33. The fourth-order valence-electron chi connectivity index (χ4n) is 2.30. The predicted octanol–water partition coefficient (Wildman–Crippen LogP) is 3.69. The van der Waals surface area contributed by atoms with E-state index < -0.39 is 0 Å². The monoisotopic (exact) mass is 273 g/mol. The highest BCUT2D eigenvalue weighted by Gasteiger charge is 2.49. The van der Waals surface area contributed by atoms with Gasteiger partial charge in [0.05, 0.1) is 5.41 Å². The van der Waals surface area contributed by atoms with E-state index in [0.717, 1.165) is 30.3 Å². The largest absolute Gasteiger partial charge is 0.360 e. The lowest BCUT2D eigenvalue weighted by atomic mass is 9.95. The van der Waals surface area contributed by atoms with Crippen LogP contribution >= 0.6 is 11.5 Å².